The highest BCUT2D eigenvalue weighted by Gasteiger charge is 2.21. The molecule has 0 unspecified atom stereocenters. The Balaban J connectivity index is 1.67. The Kier molecular flexibility index (Phi) is 3.06. The van der Waals surface area contributed by atoms with Gasteiger partial charge in [-0.25, -0.2) is 0 Å². The highest BCUT2D eigenvalue weighted by atomic mass is 15.1. The monoisotopic (exact) mass is 230 g/mol. The van der Waals surface area contributed by atoms with Crippen LogP contribution >= 0.6 is 0 Å². The molecule has 0 aromatic heterocycles. The summed E-state index contributed by atoms with van der Waals surface area (Å²) in [7, 11) is 0. The van der Waals surface area contributed by atoms with E-state index in [0.29, 0.717) is 0 Å². The Morgan fingerprint density at radius 1 is 1.18 bits per heavy atom. The van der Waals surface area contributed by atoms with Gasteiger partial charge in [-0.3, -0.25) is 4.90 Å². The van der Waals surface area contributed by atoms with E-state index in [2.05, 4.69) is 17.0 Å². The van der Waals surface area contributed by atoms with E-state index in [1.54, 1.807) is 0 Å². The normalized spacial score (nSPS) is 21.6. The molecular weight excluding hydrogens is 208 g/mol. The van der Waals surface area contributed by atoms with Gasteiger partial charge in [-0.15, -0.1) is 0 Å². The Morgan fingerprint density at radius 2 is 2.00 bits per heavy atom. The van der Waals surface area contributed by atoms with Crippen molar-refractivity contribution >= 4 is 5.69 Å². The van der Waals surface area contributed by atoms with E-state index < -0.39 is 0 Å². The largest absolute Gasteiger partial charge is 0.399 e. The number of nitrogens with two attached hydrogens (primary N) is 1. The van der Waals surface area contributed by atoms with Crippen LogP contribution in [0.2, 0.25) is 0 Å². The van der Waals surface area contributed by atoms with E-state index in [-0.39, 0.29) is 0 Å². The molecule has 2 N–H and O–H groups in total. The standard InChI is InChI=1S/C15H22N2/c16-15-6-5-13-7-8-17(11-14(13)9-15)10-12-3-1-2-4-12/h5-6,9,12H,1-4,7-8,10-11,16H2. The first-order valence-corrected chi connectivity index (χ1v) is 6.91. The molecule has 17 heavy (non-hydrogen) atoms. The lowest BCUT2D eigenvalue weighted by molar-refractivity contribution is 0.215. The first-order chi connectivity index (χ1) is 8.31. The lowest BCUT2D eigenvalue weighted by Crippen LogP contribution is -2.34. The number of nitrogens with zero attached hydrogens (tertiary/aromatic N) is 1. The van der Waals surface area contributed by atoms with Gasteiger partial charge in [-0.05, 0) is 48.4 Å². The van der Waals surface area contributed by atoms with Crippen molar-refractivity contribution in [3.8, 4) is 0 Å². The number of rotatable bonds is 2. The third kappa shape index (κ3) is 2.47. The summed E-state index contributed by atoms with van der Waals surface area (Å²) in [5, 5.41) is 0. The van der Waals surface area contributed by atoms with Gasteiger partial charge < -0.3 is 5.73 Å². The molecule has 0 saturated heterocycles. The molecule has 2 aliphatic rings. The second-order valence-corrected chi connectivity index (χ2v) is 5.66. The number of anilines is 1. The fourth-order valence-electron chi connectivity index (χ4n) is 3.35. The average Bonchev–Trinajstić information content (AvgIpc) is 2.81. The van der Waals surface area contributed by atoms with Gasteiger partial charge in [-0.2, -0.15) is 0 Å². The molecule has 1 heterocycles. The zero-order chi connectivity index (χ0) is 11.7. The summed E-state index contributed by atoms with van der Waals surface area (Å²) in [6.45, 7) is 3.64. The quantitative estimate of drug-likeness (QED) is 0.792. The zero-order valence-electron chi connectivity index (χ0n) is 10.5. The minimum atomic E-state index is 0.909. The predicted octanol–water partition coefficient (Wildman–Crippen LogP) is 2.82. The van der Waals surface area contributed by atoms with Crippen LogP contribution in [0.1, 0.15) is 36.8 Å². The summed E-state index contributed by atoms with van der Waals surface area (Å²) < 4.78 is 0. The number of benzene rings is 1. The summed E-state index contributed by atoms with van der Waals surface area (Å²) in [6.07, 6.45) is 6.98. The van der Waals surface area contributed by atoms with Crippen LogP contribution in [0, 0.1) is 5.92 Å². The molecule has 2 heteroatoms. The number of hydrogen-bond acceptors (Lipinski definition) is 2. The van der Waals surface area contributed by atoms with Gasteiger partial charge in [0.1, 0.15) is 0 Å². The number of fused-ring (bicyclic) bond motifs is 1. The molecule has 0 amide bonds. The molecule has 92 valence electrons. The van der Waals surface area contributed by atoms with Crippen LogP contribution in [-0.4, -0.2) is 18.0 Å². The number of hydrogen-bond donors (Lipinski definition) is 1. The first-order valence-electron chi connectivity index (χ1n) is 6.91. The maximum atomic E-state index is 5.87. The van der Waals surface area contributed by atoms with Gasteiger partial charge in [0.15, 0.2) is 0 Å². The molecule has 1 aromatic carbocycles. The van der Waals surface area contributed by atoms with E-state index in [0.717, 1.165) is 18.2 Å². The molecule has 1 aliphatic carbocycles. The lowest BCUT2D eigenvalue weighted by Gasteiger charge is -2.30. The summed E-state index contributed by atoms with van der Waals surface area (Å²) >= 11 is 0. The van der Waals surface area contributed by atoms with E-state index in [1.807, 2.05) is 6.07 Å². The van der Waals surface area contributed by atoms with Crippen LogP contribution in [0.25, 0.3) is 0 Å². The third-order valence-corrected chi connectivity index (χ3v) is 4.31. The maximum absolute atomic E-state index is 5.87. The van der Waals surface area contributed by atoms with Gasteiger partial charge in [-0.1, -0.05) is 18.9 Å². The lowest BCUT2D eigenvalue weighted by atomic mass is 9.97. The zero-order valence-corrected chi connectivity index (χ0v) is 10.5. The van der Waals surface area contributed by atoms with E-state index in [4.69, 9.17) is 5.73 Å². The Labute approximate surface area is 104 Å². The molecule has 0 atom stereocenters. The van der Waals surface area contributed by atoms with Gasteiger partial charge in [0, 0.05) is 25.3 Å². The van der Waals surface area contributed by atoms with Crippen LogP contribution in [0.15, 0.2) is 18.2 Å². The third-order valence-electron chi connectivity index (χ3n) is 4.31. The molecule has 2 nitrogen and oxygen atoms in total. The van der Waals surface area contributed by atoms with Gasteiger partial charge in [0.05, 0.1) is 0 Å². The van der Waals surface area contributed by atoms with Gasteiger partial charge in [0.25, 0.3) is 0 Å². The molecule has 3 rings (SSSR count). The van der Waals surface area contributed by atoms with Crippen molar-refractivity contribution in [1.82, 2.24) is 4.90 Å². The topological polar surface area (TPSA) is 29.3 Å². The molecule has 1 aliphatic heterocycles. The minimum absolute atomic E-state index is 0.909. The number of nitrogen functional groups attached to an aromatic ring is 1. The SMILES string of the molecule is Nc1ccc2c(c1)CN(CC1CCCC1)CC2. The average molecular weight is 230 g/mol. The van der Waals surface area contributed by atoms with Crippen molar-refractivity contribution < 1.29 is 0 Å². The van der Waals surface area contributed by atoms with Crippen molar-refractivity contribution in [3.63, 3.8) is 0 Å². The Hall–Kier alpha value is -1.02. The smallest absolute Gasteiger partial charge is 0.0317 e. The second kappa shape index (κ2) is 4.69. The minimum Gasteiger partial charge on any atom is -0.399 e. The molecule has 0 bridgehead atoms. The molecule has 1 aromatic rings. The summed E-state index contributed by atoms with van der Waals surface area (Å²) in [5.74, 6) is 0.956. The fraction of sp³-hybridized carbons (Fsp3) is 0.600. The molecular formula is C15H22N2. The van der Waals surface area contributed by atoms with E-state index in [9.17, 15) is 0 Å². The van der Waals surface area contributed by atoms with Crippen LogP contribution in [0.3, 0.4) is 0 Å². The van der Waals surface area contributed by atoms with Crippen molar-refractivity contribution in [2.24, 2.45) is 5.92 Å². The highest BCUT2D eigenvalue weighted by Crippen LogP contribution is 2.28. The Bertz CT molecular complexity index is 394. The molecule has 1 fully saturated rings. The highest BCUT2D eigenvalue weighted by molar-refractivity contribution is 5.45. The molecule has 0 spiro atoms. The van der Waals surface area contributed by atoms with Crippen LogP contribution in [0.5, 0.6) is 0 Å². The van der Waals surface area contributed by atoms with Crippen molar-refractivity contribution in [1.29, 1.82) is 0 Å². The molecule has 1 saturated carbocycles. The van der Waals surface area contributed by atoms with Crippen LogP contribution in [0.4, 0.5) is 5.69 Å². The predicted molar refractivity (Wildman–Crippen MR) is 71.8 cm³/mol. The summed E-state index contributed by atoms with van der Waals surface area (Å²) in [5.41, 5.74) is 9.74. The van der Waals surface area contributed by atoms with Crippen LogP contribution in [-0.2, 0) is 13.0 Å². The van der Waals surface area contributed by atoms with Crippen molar-refractivity contribution in [2.75, 3.05) is 18.8 Å². The Morgan fingerprint density at radius 3 is 2.82 bits per heavy atom. The summed E-state index contributed by atoms with van der Waals surface area (Å²) in [6, 6.07) is 6.40. The van der Waals surface area contributed by atoms with Crippen LogP contribution < -0.4 is 5.73 Å². The van der Waals surface area contributed by atoms with Crippen molar-refractivity contribution in [3.05, 3.63) is 29.3 Å². The van der Waals surface area contributed by atoms with Crippen molar-refractivity contribution in [2.45, 2.75) is 38.6 Å². The molecule has 0 radical (unpaired) electrons. The maximum Gasteiger partial charge on any atom is 0.0317 e. The van der Waals surface area contributed by atoms with E-state index >= 15 is 0 Å². The van der Waals surface area contributed by atoms with Gasteiger partial charge in [0.2, 0.25) is 0 Å². The fourth-order valence-corrected chi connectivity index (χ4v) is 3.35. The first kappa shape index (κ1) is 11.1. The van der Waals surface area contributed by atoms with Gasteiger partial charge >= 0.3 is 0 Å². The second-order valence-electron chi connectivity index (χ2n) is 5.66. The summed E-state index contributed by atoms with van der Waals surface area (Å²) in [4.78, 5) is 2.62. The van der Waals surface area contributed by atoms with E-state index in [1.165, 1.54) is 56.3 Å².